The maximum atomic E-state index is 13.5. The van der Waals surface area contributed by atoms with Gasteiger partial charge in [0.15, 0.2) is 5.69 Å². The molecule has 0 radical (unpaired) electrons. The lowest BCUT2D eigenvalue weighted by Crippen LogP contribution is -2.17. The second-order valence-corrected chi connectivity index (χ2v) is 8.96. The number of halogens is 3. The Bertz CT molecular complexity index is 1710. The van der Waals surface area contributed by atoms with Gasteiger partial charge in [-0.25, -0.2) is 4.68 Å². The van der Waals surface area contributed by atoms with E-state index in [1.54, 1.807) is 24.3 Å². The number of amides is 1. The van der Waals surface area contributed by atoms with Crippen LogP contribution in [0.1, 0.15) is 39.0 Å². The van der Waals surface area contributed by atoms with Crippen LogP contribution in [0.4, 0.5) is 18.9 Å². The van der Waals surface area contributed by atoms with Gasteiger partial charge in [0.25, 0.3) is 5.91 Å². The zero-order valence-electron chi connectivity index (χ0n) is 20.8. The molecule has 1 atom stereocenters. The maximum Gasteiger partial charge on any atom is 0.435 e. The topological polar surface area (TPSA) is 90.9 Å². The van der Waals surface area contributed by atoms with E-state index in [2.05, 4.69) is 10.4 Å². The number of nitrogens with zero attached hydrogens (tertiary/aromatic N) is 3. The lowest BCUT2D eigenvalue weighted by atomic mass is 9.98. The van der Waals surface area contributed by atoms with Gasteiger partial charge in [0.2, 0.25) is 0 Å². The molecule has 0 spiro atoms. The Kier molecular flexibility index (Phi) is 7.19. The number of aliphatic hydroxyl groups excluding tert-OH is 1. The monoisotopic (exact) mass is 538 g/mol. The molecule has 0 aliphatic rings. The summed E-state index contributed by atoms with van der Waals surface area (Å²) < 4.78 is 41.3. The molecule has 40 heavy (non-hydrogen) atoms. The van der Waals surface area contributed by atoms with Crippen molar-refractivity contribution >= 4 is 11.6 Å². The molecule has 5 aromatic rings. The molecule has 1 aromatic heterocycles. The molecule has 6 nitrogen and oxygen atoms in total. The number of aromatic nitrogens is 2. The molecule has 0 saturated carbocycles. The Hall–Kier alpha value is -5.20. The number of anilines is 1. The van der Waals surface area contributed by atoms with Crippen molar-refractivity contribution in [3.63, 3.8) is 0 Å². The van der Waals surface area contributed by atoms with Crippen LogP contribution in [0.2, 0.25) is 0 Å². The largest absolute Gasteiger partial charge is 0.435 e. The smallest absolute Gasteiger partial charge is 0.384 e. The molecule has 0 aliphatic carbocycles. The van der Waals surface area contributed by atoms with Crippen molar-refractivity contribution in [2.24, 2.45) is 0 Å². The number of carbonyl (C=O) groups is 1. The minimum absolute atomic E-state index is 0.128. The summed E-state index contributed by atoms with van der Waals surface area (Å²) in [6.45, 7) is 0. The summed E-state index contributed by atoms with van der Waals surface area (Å²) >= 11 is 0. The number of nitrogens with one attached hydrogen (secondary N) is 1. The zero-order valence-corrected chi connectivity index (χ0v) is 20.8. The van der Waals surface area contributed by atoms with Crippen molar-refractivity contribution in [3.05, 3.63) is 137 Å². The molecular weight excluding hydrogens is 517 g/mol. The third-order valence-corrected chi connectivity index (χ3v) is 6.25. The summed E-state index contributed by atoms with van der Waals surface area (Å²) in [6, 6.07) is 32.0. The first-order valence-corrected chi connectivity index (χ1v) is 12.2. The van der Waals surface area contributed by atoms with E-state index in [9.17, 15) is 28.3 Å². The summed E-state index contributed by atoms with van der Waals surface area (Å²) in [7, 11) is 0. The number of hydrogen-bond donors (Lipinski definition) is 2. The van der Waals surface area contributed by atoms with E-state index in [4.69, 9.17) is 0 Å². The first kappa shape index (κ1) is 26.4. The lowest BCUT2D eigenvalue weighted by Gasteiger charge is -2.14. The maximum absolute atomic E-state index is 13.5. The van der Waals surface area contributed by atoms with E-state index in [0.717, 1.165) is 15.8 Å². The molecule has 5 rings (SSSR count). The standard InChI is InChI=1S/C31H21F3N4O2/c32-31(33,34)28-18-27(38(37-28)26-11-4-6-20(16-26)19-35)30(40)36-25-10-5-9-24(17-25)29(39)23-14-12-22(13-15-23)21-7-2-1-3-8-21/h1-18,29,39H,(H,36,40). The van der Waals surface area contributed by atoms with Crippen LogP contribution in [-0.4, -0.2) is 20.8 Å². The minimum Gasteiger partial charge on any atom is -0.384 e. The van der Waals surface area contributed by atoms with Crippen LogP contribution in [0.3, 0.4) is 0 Å². The van der Waals surface area contributed by atoms with Crippen LogP contribution >= 0.6 is 0 Å². The van der Waals surface area contributed by atoms with Crippen LogP contribution in [0.25, 0.3) is 16.8 Å². The molecule has 0 saturated heterocycles. The van der Waals surface area contributed by atoms with Gasteiger partial charge in [-0.3, -0.25) is 4.79 Å². The molecule has 9 heteroatoms. The van der Waals surface area contributed by atoms with E-state index < -0.39 is 23.9 Å². The van der Waals surface area contributed by atoms with Crippen molar-refractivity contribution in [3.8, 4) is 22.9 Å². The van der Waals surface area contributed by atoms with Gasteiger partial charge < -0.3 is 10.4 Å². The van der Waals surface area contributed by atoms with Gasteiger partial charge in [-0.2, -0.15) is 23.5 Å². The van der Waals surface area contributed by atoms with E-state index in [1.165, 1.54) is 24.3 Å². The van der Waals surface area contributed by atoms with Crippen LogP contribution in [0.15, 0.2) is 109 Å². The lowest BCUT2D eigenvalue weighted by molar-refractivity contribution is -0.141. The van der Waals surface area contributed by atoms with Crippen LogP contribution in [0, 0.1) is 11.3 Å². The van der Waals surface area contributed by atoms with Gasteiger partial charge in [-0.05, 0) is 52.6 Å². The molecule has 0 bridgehead atoms. The molecule has 1 unspecified atom stereocenters. The number of carbonyl (C=O) groups excluding carboxylic acids is 1. The van der Waals surface area contributed by atoms with Crippen LogP contribution in [0.5, 0.6) is 0 Å². The Balaban J connectivity index is 1.40. The number of rotatable bonds is 6. The summed E-state index contributed by atoms with van der Waals surface area (Å²) in [6.07, 6.45) is -5.79. The molecule has 0 aliphatic heterocycles. The van der Waals surface area contributed by atoms with Crippen LogP contribution in [-0.2, 0) is 6.18 Å². The summed E-state index contributed by atoms with van der Waals surface area (Å²) in [5.41, 5.74) is 2.13. The molecule has 0 fully saturated rings. The molecular formula is C31H21F3N4O2. The predicted octanol–water partition coefficient (Wildman–Crippen LogP) is 6.76. The highest BCUT2D eigenvalue weighted by molar-refractivity contribution is 6.03. The SMILES string of the molecule is N#Cc1cccc(-n2nc(C(F)(F)F)cc2C(=O)Nc2cccc(C(O)c3ccc(-c4ccccc4)cc3)c2)c1. The van der Waals surface area contributed by atoms with Crippen molar-refractivity contribution in [1.82, 2.24) is 9.78 Å². The van der Waals surface area contributed by atoms with Crippen molar-refractivity contribution in [2.75, 3.05) is 5.32 Å². The summed E-state index contributed by atoms with van der Waals surface area (Å²) in [4.78, 5) is 13.2. The Morgan fingerprint density at radius 1 is 0.850 bits per heavy atom. The Morgan fingerprint density at radius 3 is 2.25 bits per heavy atom. The van der Waals surface area contributed by atoms with Crippen LogP contribution < -0.4 is 5.32 Å². The fourth-order valence-electron chi connectivity index (χ4n) is 4.25. The van der Waals surface area contributed by atoms with Crippen molar-refractivity contribution in [1.29, 1.82) is 5.26 Å². The highest BCUT2D eigenvalue weighted by Crippen LogP contribution is 2.31. The fraction of sp³-hybridized carbons (Fsp3) is 0.0645. The third-order valence-electron chi connectivity index (χ3n) is 6.25. The number of nitriles is 1. The van der Waals surface area contributed by atoms with E-state index >= 15 is 0 Å². The molecule has 198 valence electrons. The first-order chi connectivity index (χ1) is 19.2. The number of alkyl halides is 3. The van der Waals surface area contributed by atoms with Gasteiger partial charge >= 0.3 is 6.18 Å². The summed E-state index contributed by atoms with van der Waals surface area (Å²) in [5.74, 6) is -0.843. The van der Waals surface area contributed by atoms with E-state index in [0.29, 0.717) is 17.2 Å². The highest BCUT2D eigenvalue weighted by atomic mass is 19.4. The van der Waals surface area contributed by atoms with Gasteiger partial charge in [-0.15, -0.1) is 0 Å². The molecule has 4 aromatic carbocycles. The number of benzene rings is 4. The molecule has 2 N–H and O–H groups in total. The predicted molar refractivity (Wildman–Crippen MR) is 144 cm³/mol. The average molecular weight is 539 g/mol. The van der Waals surface area contributed by atoms with Gasteiger partial charge in [0.1, 0.15) is 11.8 Å². The van der Waals surface area contributed by atoms with Crippen molar-refractivity contribution < 1.29 is 23.1 Å². The van der Waals surface area contributed by atoms with Gasteiger partial charge in [0, 0.05) is 11.8 Å². The Morgan fingerprint density at radius 2 is 1.55 bits per heavy atom. The zero-order chi connectivity index (χ0) is 28.3. The second-order valence-electron chi connectivity index (χ2n) is 8.96. The molecule has 1 amide bonds. The normalized spacial score (nSPS) is 12.0. The molecule has 1 heterocycles. The quantitative estimate of drug-likeness (QED) is 0.250. The minimum atomic E-state index is -4.78. The number of aliphatic hydroxyl groups is 1. The first-order valence-electron chi connectivity index (χ1n) is 12.2. The average Bonchev–Trinajstić information content (AvgIpc) is 3.44. The fourth-order valence-corrected chi connectivity index (χ4v) is 4.25. The Labute approximate surface area is 227 Å². The van der Waals surface area contributed by atoms with Gasteiger partial charge in [0.05, 0.1) is 17.3 Å². The summed E-state index contributed by atoms with van der Waals surface area (Å²) in [5, 5.41) is 26.3. The van der Waals surface area contributed by atoms with Gasteiger partial charge in [-0.1, -0.05) is 72.8 Å². The number of hydrogen-bond acceptors (Lipinski definition) is 4. The third kappa shape index (κ3) is 5.62. The van der Waals surface area contributed by atoms with E-state index in [-0.39, 0.29) is 22.6 Å². The highest BCUT2D eigenvalue weighted by Gasteiger charge is 2.36. The van der Waals surface area contributed by atoms with Crippen molar-refractivity contribution in [2.45, 2.75) is 12.3 Å². The second kappa shape index (κ2) is 10.9. The van der Waals surface area contributed by atoms with E-state index in [1.807, 2.05) is 60.7 Å².